The molecule has 7 heteroatoms. The van der Waals surface area contributed by atoms with Crippen LogP contribution in [0.2, 0.25) is 0 Å². The van der Waals surface area contributed by atoms with Gasteiger partial charge in [-0.1, -0.05) is 0 Å². The minimum Gasteiger partial charge on any atom is -0.368 e. The molecule has 1 aromatic rings. The van der Waals surface area contributed by atoms with Gasteiger partial charge in [-0.2, -0.15) is 15.0 Å². The summed E-state index contributed by atoms with van der Waals surface area (Å²) in [6.45, 7) is 0. The number of hydrogen-bond acceptors (Lipinski definition) is 6. The van der Waals surface area contributed by atoms with Gasteiger partial charge in [0.1, 0.15) is 0 Å². The quantitative estimate of drug-likeness (QED) is 0.392. The van der Waals surface area contributed by atoms with Crippen LogP contribution in [0, 0.1) is 0 Å². The molecule has 0 bridgehead atoms. The fraction of sp³-hybridized carbons (Fsp3) is 0. The van der Waals surface area contributed by atoms with E-state index < -0.39 is 0 Å². The molecule has 0 fully saturated rings. The Balaban J connectivity index is 0.000000810. The second-order valence-electron chi connectivity index (χ2n) is 1.41. The summed E-state index contributed by atoms with van der Waals surface area (Å²) in [5, 5.41) is 0. The molecule has 6 nitrogen and oxygen atoms in total. The molecular weight excluding hydrogens is 159 g/mol. The van der Waals surface area contributed by atoms with Gasteiger partial charge in [-0.15, -0.1) is 0 Å². The molecule has 49 valence electrons. The van der Waals surface area contributed by atoms with Gasteiger partial charge in [-0.25, -0.2) is 0 Å². The van der Waals surface area contributed by atoms with E-state index in [0.29, 0.717) is 0 Å². The number of nitrogens with zero attached hydrogens (tertiary/aromatic N) is 3. The summed E-state index contributed by atoms with van der Waals surface area (Å²) in [6.07, 6.45) is 0. The SMILES string of the molecule is Nc1nc(N)nc(N)n1.[K]. The fourth-order valence-electron chi connectivity index (χ4n) is 0.427. The van der Waals surface area contributed by atoms with E-state index in [2.05, 4.69) is 15.0 Å². The van der Waals surface area contributed by atoms with Crippen LogP contribution in [-0.4, -0.2) is 66.3 Å². The summed E-state index contributed by atoms with van der Waals surface area (Å²) in [4.78, 5) is 10.5. The Hall–Kier alpha value is 0.0464. The minimum atomic E-state index is 0. The molecule has 0 aromatic carbocycles. The van der Waals surface area contributed by atoms with Gasteiger partial charge in [0.05, 0.1) is 0 Å². The van der Waals surface area contributed by atoms with Crippen molar-refractivity contribution in [2.75, 3.05) is 17.2 Å². The number of aromatic nitrogens is 3. The van der Waals surface area contributed by atoms with Crippen molar-refractivity contribution >= 4 is 69.2 Å². The molecule has 0 unspecified atom stereocenters. The fourth-order valence-corrected chi connectivity index (χ4v) is 0.427. The van der Waals surface area contributed by atoms with E-state index in [4.69, 9.17) is 17.2 Å². The van der Waals surface area contributed by atoms with Crippen LogP contribution in [0.4, 0.5) is 17.8 Å². The van der Waals surface area contributed by atoms with Crippen molar-refractivity contribution < 1.29 is 0 Å². The van der Waals surface area contributed by atoms with Crippen molar-refractivity contribution in [1.29, 1.82) is 0 Å². The molecule has 6 N–H and O–H groups in total. The first-order chi connectivity index (χ1) is 4.18. The monoisotopic (exact) mass is 165 g/mol. The van der Waals surface area contributed by atoms with Crippen LogP contribution in [0.25, 0.3) is 0 Å². The second-order valence-corrected chi connectivity index (χ2v) is 1.41. The maximum atomic E-state index is 5.14. The Kier molecular flexibility index (Phi) is 4.05. The third-order valence-corrected chi connectivity index (χ3v) is 0.687. The number of anilines is 3. The molecule has 1 rings (SSSR count). The smallest absolute Gasteiger partial charge is 0.226 e. The number of hydrogen-bond donors (Lipinski definition) is 3. The predicted octanol–water partition coefficient (Wildman–Crippen LogP) is -1.76. The maximum absolute atomic E-state index is 5.14. The standard InChI is InChI=1S/C3H6N6.K/c4-1-7-2(5)9-3(6)8-1;/h(H6,4,5,6,7,8,9);. The van der Waals surface area contributed by atoms with E-state index in [1.807, 2.05) is 0 Å². The van der Waals surface area contributed by atoms with Crippen LogP contribution in [0.5, 0.6) is 0 Å². The molecule has 0 amide bonds. The molecular formula is C3H6KN6. The van der Waals surface area contributed by atoms with Crippen LogP contribution in [0.3, 0.4) is 0 Å². The first-order valence-corrected chi connectivity index (χ1v) is 2.21. The third-order valence-electron chi connectivity index (χ3n) is 0.687. The molecule has 1 aromatic heterocycles. The van der Waals surface area contributed by atoms with E-state index >= 15 is 0 Å². The zero-order valence-electron chi connectivity index (χ0n) is 5.57. The van der Waals surface area contributed by atoms with Crippen molar-refractivity contribution in [2.45, 2.75) is 0 Å². The topological polar surface area (TPSA) is 117 Å². The Labute approximate surface area is 100 Å². The maximum Gasteiger partial charge on any atom is 0.226 e. The van der Waals surface area contributed by atoms with E-state index in [1.54, 1.807) is 0 Å². The second kappa shape index (κ2) is 4.04. The summed E-state index contributed by atoms with van der Waals surface area (Å²) < 4.78 is 0. The first kappa shape index (κ1) is 10.0. The van der Waals surface area contributed by atoms with Crippen LogP contribution in [-0.2, 0) is 0 Å². The predicted molar refractivity (Wildman–Crippen MR) is 38.8 cm³/mol. The van der Waals surface area contributed by atoms with Gasteiger partial charge < -0.3 is 17.2 Å². The van der Waals surface area contributed by atoms with Crippen LogP contribution in [0.1, 0.15) is 0 Å². The molecule has 0 spiro atoms. The van der Waals surface area contributed by atoms with Crippen LogP contribution in [0.15, 0.2) is 0 Å². The van der Waals surface area contributed by atoms with E-state index in [1.165, 1.54) is 0 Å². The van der Waals surface area contributed by atoms with E-state index in [9.17, 15) is 0 Å². The zero-order valence-corrected chi connectivity index (χ0v) is 8.70. The van der Waals surface area contributed by atoms with E-state index in [-0.39, 0.29) is 69.2 Å². The molecule has 0 aliphatic heterocycles. The molecule has 0 saturated carbocycles. The van der Waals surface area contributed by atoms with Gasteiger partial charge >= 0.3 is 0 Å². The Morgan fingerprint density at radius 1 is 0.700 bits per heavy atom. The average molecular weight is 165 g/mol. The Bertz CT molecular complexity index is 174. The Morgan fingerprint density at radius 3 is 1.10 bits per heavy atom. The number of nitrogens with two attached hydrogens (primary N) is 3. The number of rotatable bonds is 0. The van der Waals surface area contributed by atoms with Gasteiger partial charge in [0.25, 0.3) is 0 Å². The van der Waals surface area contributed by atoms with Gasteiger partial charge in [-0.3, -0.25) is 0 Å². The summed E-state index contributed by atoms with van der Waals surface area (Å²) in [5.41, 5.74) is 15.4. The van der Waals surface area contributed by atoms with Gasteiger partial charge in [0, 0.05) is 51.4 Å². The van der Waals surface area contributed by atoms with Crippen LogP contribution < -0.4 is 17.2 Å². The first-order valence-electron chi connectivity index (χ1n) is 2.21. The summed E-state index contributed by atoms with van der Waals surface area (Å²) in [7, 11) is 0. The van der Waals surface area contributed by atoms with Crippen molar-refractivity contribution in [2.24, 2.45) is 0 Å². The molecule has 1 radical (unpaired) electrons. The van der Waals surface area contributed by atoms with E-state index in [0.717, 1.165) is 0 Å². The minimum absolute atomic E-state index is 0. The van der Waals surface area contributed by atoms with Gasteiger partial charge in [0.2, 0.25) is 17.8 Å². The zero-order chi connectivity index (χ0) is 6.85. The molecule has 0 atom stereocenters. The van der Waals surface area contributed by atoms with Gasteiger partial charge in [0.15, 0.2) is 0 Å². The Morgan fingerprint density at radius 2 is 0.900 bits per heavy atom. The summed E-state index contributed by atoms with van der Waals surface area (Å²) >= 11 is 0. The summed E-state index contributed by atoms with van der Waals surface area (Å²) in [6, 6.07) is 0. The average Bonchev–Trinajstić information content (AvgIpc) is 1.59. The molecule has 0 aliphatic rings. The van der Waals surface area contributed by atoms with Crippen molar-refractivity contribution in [3.05, 3.63) is 0 Å². The van der Waals surface area contributed by atoms with Crippen molar-refractivity contribution in [1.82, 2.24) is 15.0 Å². The number of nitrogen functional groups attached to an aromatic ring is 3. The normalized spacial score (nSPS) is 8.40. The molecule has 0 aliphatic carbocycles. The summed E-state index contributed by atoms with van der Waals surface area (Å²) in [5.74, 6) is 0.125. The third kappa shape index (κ3) is 2.75. The van der Waals surface area contributed by atoms with Crippen molar-refractivity contribution in [3.8, 4) is 0 Å². The van der Waals surface area contributed by atoms with Gasteiger partial charge in [-0.05, 0) is 0 Å². The molecule has 0 saturated heterocycles. The van der Waals surface area contributed by atoms with Crippen molar-refractivity contribution in [3.63, 3.8) is 0 Å². The van der Waals surface area contributed by atoms with Crippen LogP contribution >= 0.6 is 0 Å². The molecule has 1 heterocycles. The molecule has 10 heavy (non-hydrogen) atoms. The largest absolute Gasteiger partial charge is 0.368 e.